The maximum absolute atomic E-state index is 14.3. The fourth-order valence-electron chi connectivity index (χ4n) is 8.03. The van der Waals surface area contributed by atoms with Crippen LogP contribution in [0, 0.1) is 11.8 Å². The van der Waals surface area contributed by atoms with E-state index in [9.17, 15) is 82.8 Å². The van der Waals surface area contributed by atoms with Gasteiger partial charge in [0.2, 0.25) is 65.0 Å². The summed E-state index contributed by atoms with van der Waals surface area (Å²) in [5.41, 5.74) is 22.1. The fourth-order valence-corrected chi connectivity index (χ4v) is 8.03. The van der Waals surface area contributed by atoms with Crippen LogP contribution in [0.5, 0.6) is 5.75 Å². The first-order valence-electron chi connectivity index (χ1n) is 24.8. The second kappa shape index (κ2) is 31.2. The largest absolute Gasteiger partial charge is 0.508 e. The third kappa shape index (κ3) is 22.8. The lowest BCUT2D eigenvalue weighted by Crippen LogP contribution is -2.61. The highest BCUT2D eigenvalue weighted by atomic mass is 16.4. The molecule has 0 spiro atoms. The van der Waals surface area contributed by atoms with Gasteiger partial charge in [-0.05, 0) is 75.0 Å². The molecular weight excluding hydrogens is 1020 g/mol. The molecule has 19 N–H and O–H groups in total. The fraction of sp³-hybridized carbons (Fsp3) is 0.604. The van der Waals surface area contributed by atoms with Gasteiger partial charge in [0.25, 0.3) is 0 Å². The predicted molar refractivity (Wildman–Crippen MR) is 269 cm³/mol. The molecule has 0 unspecified atom stereocenters. The topological polar surface area (TPSA) is 494 Å². The number of phenols is 1. The monoisotopic (exact) mass is 1090 g/mol. The van der Waals surface area contributed by atoms with Gasteiger partial charge in [0.1, 0.15) is 48.0 Å². The highest BCUT2D eigenvalue weighted by Crippen LogP contribution is 2.22. The van der Waals surface area contributed by atoms with Crippen LogP contribution in [0.1, 0.15) is 104 Å². The average Bonchev–Trinajstić information content (AvgIpc) is 3.82. The Morgan fingerprint density at radius 3 is 1.56 bits per heavy atom. The van der Waals surface area contributed by atoms with Gasteiger partial charge in [0.05, 0.1) is 25.0 Å². The Balaban J connectivity index is 2.46. The highest BCUT2D eigenvalue weighted by Gasteiger charge is 2.41. The number of hydrogen-bond acceptors (Lipinski definition) is 16. The quantitative estimate of drug-likeness (QED) is 0.0314. The summed E-state index contributed by atoms with van der Waals surface area (Å²) in [5.74, 6) is -14.9. The van der Waals surface area contributed by atoms with Gasteiger partial charge in [-0.1, -0.05) is 39.8 Å². The Bertz CT molecular complexity index is 2310. The van der Waals surface area contributed by atoms with Crippen LogP contribution >= 0.6 is 0 Å². The number of hydrogen-bond donors (Lipinski definition) is 15. The Kier molecular flexibility index (Phi) is 26.4. The van der Waals surface area contributed by atoms with Crippen molar-refractivity contribution < 1.29 is 82.8 Å². The molecule has 0 saturated carbocycles. The maximum Gasteiger partial charge on any atom is 0.328 e. The third-order valence-electron chi connectivity index (χ3n) is 12.0. The molecule has 11 amide bonds. The van der Waals surface area contributed by atoms with Gasteiger partial charge >= 0.3 is 11.9 Å². The number of aliphatic hydroxyl groups excluding tert-OH is 1. The summed E-state index contributed by atoms with van der Waals surface area (Å²) >= 11 is 0. The van der Waals surface area contributed by atoms with Crippen molar-refractivity contribution in [1.29, 1.82) is 0 Å². The first-order chi connectivity index (χ1) is 35.9. The molecule has 77 heavy (non-hydrogen) atoms. The zero-order chi connectivity index (χ0) is 58.4. The number of nitrogens with one attached hydrogen (secondary N) is 7. The number of carbonyl (C=O) groups is 13. The molecule has 0 bridgehead atoms. The number of aromatic hydroxyl groups is 1. The molecule has 29 nitrogen and oxygen atoms in total. The molecule has 10 atom stereocenters. The van der Waals surface area contributed by atoms with Crippen molar-refractivity contribution in [3.05, 3.63) is 29.8 Å². The molecule has 0 radical (unpaired) electrons. The van der Waals surface area contributed by atoms with Crippen LogP contribution in [0.2, 0.25) is 0 Å². The molecule has 1 aliphatic rings. The summed E-state index contributed by atoms with van der Waals surface area (Å²) < 4.78 is 0. The van der Waals surface area contributed by atoms with Crippen LogP contribution in [0.3, 0.4) is 0 Å². The van der Waals surface area contributed by atoms with E-state index in [0.29, 0.717) is 12.0 Å². The zero-order valence-electron chi connectivity index (χ0n) is 43.6. The number of carboxylic acid groups (broad SMARTS) is 2. The predicted octanol–water partition coefficient (Wildman–Crippen LogP) is -4.91. The molecule has 29 heteroatoms. The summed E-state index contributed by atoms with van der Waals surface area (Å²) in [5, 5.41) is 55.6. The van der Waals surface area contributed by atoms with Crippen molar-refractivity contribution in [3.8, 4) is 5.75 Å². The van der Waals surface area contributed by atoms with Crippen molar-refractivity contribution in [3.63, 3.8) is 0 Å². The molecule has 428 valence electrons. The van der Waals surface area contributed by atoms with Gasteiger partial charge in [-0.15, -0.1) is 0 Å². The normalized spacial score (nSPS) is 16.6. The molecule has 2 rings (SSSR count). The summed E-state index contributed by atoms with van der Waals surface area (Å²) in [6, 6.07) is -9.03. The van der Waals surface area contributed by atoms with E-state index >= 15 is 0 Å². The van der Waals surface area contributed by atoms with Gasteiger partial charge in [0.15, 0.2) is 6.04 Å². The minimum absolute atomic E-state index is 0.00694. The minimum Gasteiger partial charge on any atom is -0.508 e. The number of phenolic OH excluding ortho intramolecular Hbond substituents is 1. The molecule has 1 aliphatic heterocycles. The van der Waals surface area contributed by atoms with E-state index in [4.69, 9.17) is 22.9 Å². The molecule has 1 aromatic carbocycles. The van der Waals surface area contributed by atoms with E-state index in [1.54, 1.807) is 27.7 Å². The van der Waals surface area contributed by atoms with E-state index in [2.05, 4.69) is 37.2 Å². The minimum atomic E-state index is -2.06. The lowest BCUT2D eigenvalue weighted by molar-refractivity contribution is -0.146. The number of nitrogens with two attached hydrogens (primary N) is 4. The van der Waals surface area contributed by atoms with Gasteiger partial charge in [-0.25, -0.2) is 4.79 Å². The number of aliphatic carboxylic acids is 2. The number of primary amides is 3. The number of nitrogens with zero attached hydrogens (tertiary/aromatic N) is 1. The van der Waals surface area contributed by atoms with E-state index in [1.807, 2.05) is 0 Å². The number of carbonyl (C=O) groups excluding carboxylic acids is 11. The molecule has 0 aliphatic carbocycles. The number of aliphatic hydroxyl groups is 1. The number of carboxylic acids is 2. The number of amides is 11. The van der Waals surface area contributed by atoms with Crippen molar-refractivity contribution in [2.75, 3.05) is 6.54 Å². The first kappa shape index (κ1) is 65.2. The zero-order valence-corrected chi connectivity index (χ0v) is 43.6. The third-order valence-corrected chi connectivity index (χ3v) is 12.0. The lowest BCUT2D eigenvalue weighted by Gasteiger charge is -2.31. The van der Waals surface area contributed by atoms with Crippen LogP contribution in [-0.4, -0.2) is 169 Å². The lowest BCUT2D eigenvalue weighted by atomic mass is 10.00. The molecule has 0 aromatic heterocycles. The Morgan fingerprint density at radius 1 is 0.584 bits per heavy atom. The summed E-state index contributed by atoms with van der Waals surface area (Å²) in [6.07, 6.45) is -5.00. The number of likely N-dealkylation sites (tertiary alicyclic amines) is 1. The van der Waals surface area contributed by atoms with Crippen LogP contribution in [0.4, 0.5) is 0 Å². The molecule has 1 fully saturated rings. The van der Waals surface area contributed by atoms with E-state index < -0.39 is 170 Å². The maximum atomic E-state index is 14.3. The van der Waals surface area contributed by atoms with E-state index in [0.717, 1.165) is 6.92 Å². The summed E-state index contributed by atoms with van der Waals surface area (Å²) in [6.45, 7) is 8.06. The Morgan fingerprint density at radius 2 is 1.05 bits per heavy atom. The van der Waals surface area contributed by atoms with Crippen molar-refractivity contribution in [1.82, 2.24) is 42.1 Å². The van der Waals surface area contributed by atoms with Crippen molar-refractivity contribution >= 4 is 76.9 Å². The smallest absolute Gasteiger partial charge is 0.328 e. The number of rotatable bonds is 33. The summed E-state index contributed by atoms with van der Waals surface area (Å²) in [4.78, 5) is 171. The second-order valence-corrected chi connectivity index (χ2v) is 19.6. The molecule has 1 saturated heterocycles. The summed E-state index contributed by atoms with van der Waals surface area (Å²) in [7, 11) is 0. The SMILES string of the molecule is CC(C)C[C@H](NC(=O)[C@@H]1CCCN1C(=O)[C@H](CC(C)C)NC(=O)[C@H](CC(N)=O)NC(=O)[C@H](CC(=O)O)NC(=O)[C@H](Cc1ccc(O)cc1)NC(=O)[C@H](CCC(N)=O)NC(=O)[C@@H](N)CCC(N)=O)C(=O)N[C@H](C(=O)O)[C@@H](C)O. The van der Waals surface area contributed by atoms with Crippen LogP contribution in [0.25, 0.3) is 0 Å². The van der Waals surface area contributed by atoms with E-state index in [-0.39, 0.29) is 56.2 Å². The van der Waals surface area contributed by atoms with Crippen molar-refractivity contribution in [2.24, 2.45) is 34.8 Å². The molecule has 1 heterocycles. The van der Waals surface area contributed by atoms with E-state index in [1.165, 1.54) is 29.2 Å². The van der Waals surface area contributed by atoms with Crippen LogP contribution in [0.15, 0.2) is 24.3 Å². The van der Waals surface area contributed by atoms with Crippen LogP contribution < -0.4 is 60.2 Å². The van der Waals surface area contributed by atoms with Crippen LogP contribution in [-0.2, 0) is 68.7 Å². The van der Waals surface area contributed by atoms with Gasteiger partial charge < -0.3 is 85.5 Å². The van der Waals surface area contributed by atoms with Crippen molar-refractivity contribution in [2.45, 2.75) is 166 Å². The average molecular weight is 1090 g/mol. The Hall–Kier alpha value is -7.95. The highest BCUT2D eigenvalue weighted by molar-refractivity contribution is 6.00. The standard InChI is InChI=1S/C48H74N12O17/c1-22(2)17-29(45(73)59-39(24(5)61)48(76)77)57-46(74)34-7-6-16-60(34)47(75)33(18-23(3)4)58-43(71)31(20-37(52)65)55-44(72)32(21-38(66)67)56-42(70)30(19-25-8-10-26(62)11-9-25)54-41(69)28(13-15-36(51)64)53-40(68)27(49)12-14-35(50)63/h8-11,22-24,27-34,39,61-62H,6-7,12-21,49H2,1-5H3,(H2,50,63)(H2,51,64)(H2,52,65)(H,53,68)(H,54,69)(H,55,72)(H,56,70)(H,57,74)(H,58,71)(H,59,73)(H,66,67)(H,76,77)/t24-,27+,28+,29+,30+,31+,32+,33+,34+,39+/m1/s1. The first-order valence-corrected chi connectivity index (χ1v) is 24.8. The number of benzene rings is 1. The molecule has 1 aromatic rings. The van der Waals surface area contributed by atoms with Gasteiger partial charge in [-0.3, -0.25) is 57.5 Å². The van der Waals surface area contributed by atoms with Gasteiger partial charge in [0, 0.05) is 25.8 Å². The second-order valence-electron chi connectivity index (χ2n) is 19.6. The van der Waals surface area contributed by atoms with Gasteiger partial charge in [-0.2, -0.15) is 0 Å². The Labute approximate surface area is 443 Å². The molecular formula is C48H74N12O17.